The van der Waals surface area contributed by atoms with Crippen molar-refractivity contribution >= 4 is 23.4 Å². The minimum absolute atomic E-state index is 0.173. The first-order valence-electron chi connectivity index (χ1n) is 6.28. The maximum Gasteiger partial charge on any atom is 0.419 e. The molecule has 2 rings (SSSR count). The smallest absolute Gasteiger partial charge is 0.353 e. The van der Waals surface area contributed by atoms with Gasteiger partial charge in [0.15, 0.2) is 0 Å². The number of halogens is 4. The lowest BCUT2D eigenvalue weighted by atomic mass is 10.2. The average Bonchev–Trinajstić information content (AvgIpc) is 2.45. The van der Waals surface area contributed by atoms with Crippen LogP contribution in [0, 0.1) is 0 Å². The number of alkyl halides is 3. The Morgan fingerprint density at radius 1 is 1.29 bits per heavy atom. The molecule has 0 aromatic carbocycles. The minimum Gasteiger partial charge on any atom is -0.353 e. The Balaban J connectivity index is 2.08. The van der Waals surface area contributed by atoms with E-state index >= 15 is 0 Å². The number of amides is 2. The summed E-state index contributed by atoms with van der Waals surface area (Å²) in [5.41, 5.74) is -0.947. The summed E-state index contributed by atoms with van der Waals surface area (Å²) in [6.45, 7) is 1.92. The molecule has 0 aliphatic carbocycles. The van der Waals surface area contributed by atoms with Gasteiger partial charge in [-0.3, -0.25) is 0 Å². The van der Waals surface area contributed by atoms with Crippen LogP contribution in [0.2, 0.25) is 5.15 Å². The Bertz CT molecular complexity index is 530. The van der Waals surface area contributed by atoms with E-state index in [1.165, 1.54) is 6.07 Å². The summed E-state index contributed by atoms with van der Waals surface area (Å²) in [5, 5.41) is 1.97. The van der Waals surface area contributed by atoms with Gasteiger partial charge in [-0.05, 0) is 12.1 Å². The standard InChI is InChI=1S/C12H14ClF3N4O/c1-17-11(21)20-6-4-19(5-7-20)9-3-2-8(10(13)18-9)12(14,15)16/h2-3H,4-7H2,1H3,(H,17,21). The fourth-order valence-corrected chi connectivity index (χ4v) is 2.37. The van der Waals surface area contributed by atoms with Crippen molar-refractivity contribution in [3.63, 3.8) is 0 Å². The Kier molecular flexibility index (Phi) is 4.46. The molecule has 0 saturated carbocycles. The lowest BCUT2D eigenvalue weighted by molar-refractivity contribution is -0.137. The molecule has 1 aliphatic rings. The molecule has 1 saturated heterocycles. The van der Waals surface area contributed by atoms with Gasteiger partial charge in [0, 0.05) is 33.2 Å². The van der Waals surface area contributed by atoms with Crippen molar-refractivity contribution in [3.05, 3.63) is 22.8 Å². The molecule has 0 spiro atoms. The maximum atomic E-state index is 12.6. The quantitative estimate of drug-likeness (QED) is 0.807. The molecule has 1 aliphatic heterocycles. The van der Waals surface area contributed by atoms with Gasteiger partial charge in [0.1, 0.15) is 11.0 Å². The third kappa shape index (κ3) is 3.49. The van der Waals surface area contributed by atoms with E-state index in [1.54, 1.807) is 16.8 Å². The van der Waals surface area contributed by atoms with Gasteiger partial charge in [0.05, 0.1) is 5.56 Å². The number of urea groups is 1. The zero-order chi connectivity index (χ0) is 15.6. The number of nitrogens with zero attached hydrogens (tertiary/aromatic N) is 3. The van der Waals surface area contributed by atoms with Gasteiger partial charge in [-0.25, -0.2) is 9.78 Å². The predicted molar refractivity (Wildman–Crippen MR) is 72.5 cm³/mol. The molecule has 1 aromatic rings. The van der Waals surface area contributed by atoms with E-state index < -0.39 is 16.9 Å². The first-order chi connectivity index (χ1) is 9.82. The average molecular weight is 323 g/mol. The fraction of sp³-hybridized carbons (Fsp3) is 0.500. The van der Waals surface area contributed by atoms with Crippen LogP contribution in [0.5, 0.6) is 0 Å². The number of hydrogen-bond acceptors (Lipinski definition) is 3. The molecule has 1 N–H and O–H groups in total. The van der Waals surface area contributed by atoms with Crippen LogP contribution < -0.4 is 10.2 Å². The van der Waals surface area contributed by atoms with Gasteiger partial charge in [-0.1, -0.05) is 11.6 Å². The van der Waals surface area contributed by atoms with Crippen LogP contribution in [0.3, 0.4) is 0 Å². The van der Waals surface area contributed by atoms with E-state index in [0.717, 1.165) is 6.07 Å². The minimum atomic E-state index is -4.51. The second-order valence-electron chi connectivity index (χ2n) is 4.53. The van der Waals surface area contributed by atoms with Gasteiger partial charge < -0.3 is 15.1 Å². The number of carbonyl (C=O) groups excluding carboxylic acids is 1. The van der Waals surface area contributed by atoms with Gasteiger partial charge >= 0.3 is 12.2 Å². The third-order valence-corrected chi connectivity index (χ3v) is 3.53. The van der Waals surface area contributed by atoms with E-state index in [2.05, 4.69) is 10.3 Å². The Morgan fingerprint density at radius 3 is 2.38 bits per heavy atom. The molecule has 5 nitrogen and oxygen atoms in total. The highest BCUT2D eigenvalue weighted by Gasteiger charge is 2.34. The Labute approximate surface area is 124 Å². The molecule has 9 heteroatoms. The predicted octanol–water partition coefficient (Wildman–Crippen LogP) is 2.22. The Hall–Kier alpha value is -1.70. The van der Waals surface area contributed by atoms with Crippen molar-refractivity contribution in [2.45, 2.75) is 6.18 Å². The first kappa shape index (κ1) is 15.7. The molecule has 1 fully saturated rings. The number of aromatic nitrogens is 1. The lowest BCUT2D eigenvalue weighted by Gasteiger charge is -2.35. The molecule has 0 unspecified atom stereocenters. The van der Waals surface area contributed by atoms with Crippen molar-refractivity contribution < 1.29 is 18.0 Å². The van der Waals surface area contributed by atoms with Crippen LogP contribution in [0.25, 0.3) is 0 Å². The van der Waals surface area contributed by atoms with Crippen molar-refractivity contribution in [2.24, 2.45) is 0 Å². The van der Waals surface area contributed by atoms with Gasteiger partial charge in [0.25, 0.3) is 0 Å². The Morgan fingerprint density at radius 2 is 1.90 bits per heavy atom. The summed E-state index contributed by atoms with van der Waals surface area (Å²) in [6, 6.07) is 2.05. The molecular weight excluding hydrogens is 309 g/mol. The number of pyridine rings is 1. The van der Waals surface area contributed by atoms with E-state index in [4.69, 9.17) is 11.6 Å². The molecule has 116 valence electrons. The summed E-state index contributed by atoms with van der Waals surface area (Å²) in [7, 11) is 1.55. The molecule has 0 bridgehead atoms. The van der Waals surface area contributed by atoms with Crippen LogP contribution in [0.15, 0.2) is 12.1 Å². The number of piperazine rings is 1. The highest BCUT2D eigenvalue weighted by atomic mass is 35.5. The van der Waals surface area contributed by atoms with Gasteiger partial charge in [-0.2, -0.15) is 13.2 Å². The van der Waals surface area contributed by atoms with Crippen LogP contribution in [-0.4, -0.2) is 49.1 Å². The number of hydrogen-bond donors (Lipinski definition) is 1. The molecule has 2 amide bonds. The fourth-order valence-electron chi connectivity index (χ4n) is 2.11. The molecule has 0 atom stereocenters. The van der Waals surface area contributed by atoms with Gasteiger partial charge in [-0.15, -0.1) is 0 Å². The highest BCUT2D eigenvalue weighted by Crippen LogP contribution is 2.34. The van der Waals surface area contributed by atoms with E-state index in [-0.39, 0.29) is 6.03 Å². The molecule has 21 heavy (non-hydrogen) atoms. The second-order valence-corrected chi connectivity index (χ2v) is 4.89. The van der Waals surface area contributed by atoms with Crippen molar-refractivity contribution in [2.75, 3.05) is 38.1 Å². The summed E-state index contributed by atoms with van der Waals surface area (Å²) < 4.78 is 37.8. The molecule has 0 radical (unpaired) electrons. The number of rotatable bonds is 1. The van der Waals surface area contributed by atoms with Crippen LogP contribution >= 0.6 is 11.6 Å². The zero-order valence-corrected chi connectivity index (χ0v) is 12.0. The van der Waals surface area contributed by atoms with Crippen molar-refractivity contribution in [3.8, 4) is 0 Å². The first-order valence-corrected chi connectivity index (χ1v) is 6.66. The van der Waals surface area contributed by atoms with E-state index in [9.17, 15) is 18.0 Å². The van der Waals surface area contributed by atoms with E-state index in [1.807, 2.05) is 0 Å². The SMILES string of the molecule is CNC(=O)N1CCN(c2ccc(C(F)(F)F)c(Cl)n2)CC1. The largest absolute Gasteiger partial charge is 0.419 e. The molecule has 2 heterocycles. The summed E-state index contributed by atoms with van der Waals surface area (Å²) in [6.07, 6.45) is -4.51. The van der Waals surface area contributed by atoms with E-state index in [0.29, 0.717) is 32.0 Å². The van der Waals surface area contributed by atoms with Crippen molar-refractivity contribution in [1.82, 2.24) is 15.2 Å². The van der Waals surface area contributed by atoms with Crippen LogP contribution in [0.4, 0.5) is 23.8 Å². The third-order valence-electron chi connectivity index (χ3n) is 3.24. The number of anilines is 1. The molecule has 1 aromatic heterocycles. The monoisotopic (exact) mass is 322 g/mol. The molecular formula is C12H14ClF3N4O. The summed E-state index contributed by atoms with van der Waals surface area (Å²) in [4.78, 5) is 18.7. The number of carbonyl (C=O) groups is 1. The van der Waals surface area contributed by atoms with Gasteiger partial charge in [0.2, 0.25) is 0 Å². The van der Waals surface area contributed by atoms with Crippen molar-refractivity contribution in [1.29, 1.82) is 0 Å². The second kappa shape index (κ2) is 5.97. The summed E-state index contributed by atoms with van der Waals surface area (Å²) in [5.74, 6) is 0.379. The highest BCUT2D eigenvalue weighted by molar-refractivity contribution is 6.30. The lowest BCUT2D eigenvalue weighted by Crippen LogP contribution is -2.51. The normalized spacial score (nSPS) is 16.0. The number of nitrogens with one attached hydrogen (secondary N) is 1. The van der Waals surface area contributed by atoms with Crippen LogP contribution in [0.1, 0.15) is 5.56 Å². The summed E-state index contributed by atoms with van der Waals surface area (Å²) >= 11 is 5.60. The van der Waals surface area contributed by atoms with Crippen LogP contribution in [-0.2, 0) is 6.18 Å². The maximum absolute atomic E-state index is 12.6. The topological polar surface area (TPSA) is 48.5 Å². The zero-order valence-electron chi connectivity index (χ0n) is 11.2.